The average Bonchev–Trinajstić information content (AvgIpc) is 2.55. The van der Waals surface area contributed by atoms with Crippen molar-refractivity contribution in [3.8, 4) is 0 Å². The molecule has 1 saturated carbocycles. The summed E-state index contributed by atoms with van der Waals surface area (Å²) in [5.41, 5.74) is 2.90. The van der Waals surface area contributed by atoms with Crippen LogP contribution in [0.5, 0.6) is 0 Å². The Hall–Kier alpha value is -1.42. The van der Waals surface area contributed by atoms with Crippen molar-refractivity contribution in [2.45, 2.75) is 31.8 Å². The molecule has 4 nitrogen and oxygen atoms in total. The van der Waals surface area contributed by atoms with Crippen LogP contribution in [0.25, 0.3) is 11.2 Å². The number of rotatable bonds is 1. The van der Waals surface area contributed by atoms with Crippen LogP contribution < -0.4 is 0 Å². The number of nitrogens with one attached hydrogen (secondary N) is 1. The van der Waals surface area contributed by atoms with Crippen molar-refractivity contribution >= 4 is 11.2 Å². The molecule has 2 aromatic rings. The van der Waals surface area contributed by atoms with Crippen LogP contribution in [0.2, 0.25) is 0 Å². The molecule has 1 aliphatic carbocycles. The quantitative estimate of drug-likeness (QED) is 0.738. The van der Waals surface area contributed by atoms with Crippen LogP contribution in [0.15, 0.2) is 12.3 Å². The SMILES string of the molecule is Cc1cnc2nc(C3CC(O)C3)[nH]c2c1. The number of aryl methyl sites for hydroxylation is 1. The van der Waals surface area contributed by atoms with E-state index in [1.807, 2.05) is 19.2 Å². The monoisotopic (exact) mass is 203 g/mol. The fourth-order valence-electron chi connectivity index (χ4n) is 2.03. The zero-order valence-electron chi connectivity index (χ0n) is 8.57. The molecule has 78 valence electrons. The van der Waals surface area contributed by atoms with E-state index in [0.29, 0.717) is 5.92 Å². The topological polar surface area (TPSA) is 61.8 Å². The molecule has 0 saturated heterocycles. The van der Waals surface area contributed by atoms with Gasteiger partial charge in [0.05, 0.1) is 11.6 Å². The van der Waals surface area contributed by atoms with Crippen molar-refractivity contribution < 1.29 is 5.11 Å². The zero-order valence-corrected chi connectivity index (χ0v) is 8.57. The number of imidazole rings is 1. The van der Waals surface area contributed by atoms with Crippen molar-refractivity contribution in [3.05, 3.63) is 23.7 Å². The highest BCUT2D eigenvalue weighted by atomic mass is 16.3. The summed E-state index contributed by atoms with van der Waals surface area (Å²) in [6.45, 7) is 2.01. The summed E-state index contributed by atoms with van der Waals surface area (Å²) in [7, 11) is 0. The van der Waals surface area contributed by atoms with Crippen molar-refractivity contribution in [2.24, 2.45) is 0 Å². The number of pyridine rings is 1. The Labute approximate surface area is 87.4 Å². The van der Waals surface area contributed by atoms with Crippen LogP contribution >= 0.6 is 0 Å². The molecule has 1 fully saturated rings. The predicted molar refractivity (Wildman–Crippen MR) is 56.6 cm³/mol. The Bertz CT molecular complexity index is 500. The Balaban J connectivity index is 1.99. The maximum atomic E-state index is 9.24. The van der Waals surface area contributed by atoms with Gasteiger partial charge in [-0.15, -0.1) is 0 Å². The van der Waals surface area contributed by atoms with Gasteiger partial charge in [-0.1, -0.05) is 0 Å². The molecule has 0 radical (unpaired) electrons. The van der Waals surface area contributed by atoms with Crippen LogP contribution in [-0.4, -0.2) is 26.2 Å². The van der Waals surface area contributed by atoms with Crippen LogP contribution in [0, 0.1) is 6.92 Å². The van der Waals surface area contributed by atoms with Gasteiger partial charge in [-0.05, 0) is 31.4 Å². The van der Waals surface area contributed by atoms with E-state index in [4.69, 9.17) is 0 Å². The van der Waals surface area contributed by atoms with E-state index in [1.165, 1.54) is 0 Å². The van der Waals surface area contributed by atoms with Crippen molar-refractivity contribution in [3.63, 3.8) is 0 Å². The number of hydrogen-bond acceptors (Lipinski definition) is 3. The molecule has 2 N–H and O–H groups in total. The third kappa shape index (κ3) is 1.41. The third-order valence-electron chi connectivity index (χ3n) is 2.99. The molecule has 0 unspecified atom stereocenters. The molecule has 0 aromatic carbocycles. The van der Waals surface area contributed by atoms with Gasteiger partial charge in [0.2, 0.25) is 0 Å². The number of H-pyrrole nitrogens is 1. The molecule has 4 heteroatoms. The lowest BCUT2D eigenvalue weighted by molar-refractivity contribution is 0.0720. The highest BCUT2D eigenvalue weighted by Crippen LogP contribution is 2.35. The van der Waals surface area contributed by atoms with E-state index >= 15 is 0 Å². The Morgan fingerprint density at radius 2 is 2.27 bits per heavy atom. The van der Waals surface area contributed by atoms with Gasteiger partial charge in [0.25, 0.3) is 0 Å². The van der Waals surface area contributed by atoms with E-state index in [0.717, 1.165) is 35.4 Å². The third-order valence-corrected chi connectivity index (χ3v) is 2.99. The molecule has 0 bridgehead atoms. The number of nitrogens with zero attached hydrogens (tertiary/aromatic N) is 2. The Morgan fingerprint density at radius 1 is 1.47 bits per heavy atom. The van der Waals surface area contributed by atoms with Crippen molar-refractivity contribution in [1.82, 2.24) is 15.0 Å². The number of aromatic nitrogens is 3. The minimum absolute atomic E-state index is 0.141. The van der Waals surface area contributed by atoms with E-state index in [1.54, 1.807) is 0 Å². The number of aliphatic hydroxyl groups excluding tert-OH is 1. The van der Waals surface area contributed by atoms with E-state index < -0.39 is 0 Å². The second-order valence-corrected chi connectivity index (χ2v) is 4.33. The molecule has 0 atom stereocenters. The van der Waals surface area contributed by atoms with Crippen LogP contribution in [0.3, 0.4) is 0 Å². The van der Waals surface area contributed by atoms with Gasteiger partial charge in [-0.3, -0.25) is 0 Å². The highest BCUT2D eigenvalue weighted by molar-refractivity contribution is 5.71. The van der Waals surface area contributed by atoms with Gasteiger partial charge in [-0.2, -0.15) is 0 Å². The highest BCUT2D eigenvalue weighted by Gasteiger charge is 2.30. The van der Waals surface area contributed by atoms with Gasteiger partial charge in [-0.25, -0.2) is 9.97 Å². The molecule has 15 heavy (non-hydrogen) atoms. The number of aromatic amines is 1. The summed E-state index contributed by atoms with van der Waals surface area (Å²) in [4.78, 5) is 12.0. The van der Waals surface area contributed by atoms with E-state index in [2.05, 4.69) is 15.0 Å². The molecule has 1 aliphatic rings. The fraction of sp³-hybridized carbons (Fsp3) is 0.455. The Kier molecular flexibility index (Phi) is 1.79. The lowest BCUT2D eigenvalue weighted by atomic mass is 9.82. The second kappa shape index (κ2) is 3.03. The molecule has 0 aliphatic heterocycles. The molecule has 3 rings (SSSR count). The maximum absolute atomic E-state index is 9.24. The standard InChI is InChI=1S/C11H13N3O/c1-6-2-9-11(12-5-6)14-10(13-9)7-3-8(15)4-7/h2,5,7-8,15H,3-4H2,1H3,(H,12,13,14). The minimum atomic E-state index is -0.141. The second-order valence-electron chi connectivity index (χ2n) is 4.33. The van der Waals surface area contributed by atoms with Crippen molar-refractivity contribution in [1.29, 1.82) is 0 Å². The van der Waals surface area contributed by atoms with Gasteiger partial charge in [0.15, 0.2) is 5.65 Å². The average molecular weight is 203 g/mol. The first kappa shape index (κ1) is 8.85. The first-order chi connectivity index (χ1) is 7.22. The van der Waals surface area contributed by atoms with Crippen LogP contribution in [0.4, 0.5) is 0 Å². The summed E-state index contributed by atoms with van der Waals surface area (Å²) in [6, 6.07) is 2.05. The predicted octanol–water partition coefficient (Wildman–Crippen LogP) is 1.50. The summed E-state index contributed by atoms with van der Waals surface area (Å²) < 4.78 is 0. The normalized spacial score (nSPS) is 25.5. The molecule has 0 amide bonds. The molecule has 0 spiro atoms. The van der Waals surface area contributed by atoms with Gasteiger partial charge < -0.3 is 10.1 Å². The Morgan fingerprint density at radius 3 is 3.00 bits per heavy atom. The maximum Gasteiger partial charge on any atom is 0.177 e. The van der Waals surface area contributed by atoms with Crippen LogP contribution in [0.1, 0.15) is 30.1 Å². The lowest BCUT2D eigenvalue weighted by Gasteiger charge is -2.29. The number of aliphatic hydroxyl groups is 1. The minimum Gasteiger partial charge on any atom is -0.393 e. The zero-order chi connectivity index (χ0) is 10.4. The van der Waals surface area contributed by atoms with E-state index in [9.17, 15) is 5.11 Å². The van der Waals surface area contributed by atoms with E-state index in [-0.39, 0.29) is 6.10 Å². The first-order valence-electron chi connectivity index (χ1n) is 5.22. The van der Waals surface area contributed by atoms with Gasteiger partial charge in [0.1, 0.15) is 5.82 Å². The van der Waals surface area contributed by atoms with Crippen LogP contribution in [-0.2, 0) is 0 Å². The smallest absolute Gasteiger partial charge is 0.177 e. The number of fused-ring (bicyclic) bond motifs is 1. The van der Waals surface area contributed by atoms with Gasteiger partial charge in [0, 0.05) is 12.1 Å². The molecular weight excluding hydrogens is 190 g/mol. The summed E-state index contributed by atoms with van der Waals surface area (Å²) in [5.74, 6) is 1.35. The first-order valence-corrected chi connectivity index (χ1v) is 5.22. The van der Waals surface area contributed by atoms with Gasteiger partial charge >= 0.3 is 0 Å². The molecule has 2 heterocycles. The summed E-state index contributed by atoms with van der Waals surface area (Å²) in [5, 5.41) is 9.24. The largest absolute Gasteiger partial charge is 0.393 e. The fourth-order valence-corrected chi connectivity index (χ4v) is 2.03. The number of hydrogen-bond donors (Lipinski definition) is 2. The molecule has 2 aromatic heterocycles. The summed E-state index contributed by atoms with van der Waals surface area (Å²) in [6.07, 6.45) is 3.32. The summed E-state index contributed by atoms with van der Waals surface area (Å²) >= 11 is 0. The molecular formula is C11H13N3O. The lowest BCUT2D eigenvalue weighted by Crippen LogP contribution is -2.27. The van der Waals surface area contributed by atoms with Crippen molar-refractivity contribution in [2.75, 3.05) is 0 Å².